The van der Waals surface area contributed by atoms with Gasteiger partial charge in [0.2, 0.25) is 0 Å². The third kappa shape index (κ3) is 3.35. The normalized spacial score (nSPS) is 10.8. The number of hydrogen-bond acceptors (Lipinski definition) is 6. The van der Waals surface area contributed by atoms with E-state index >= 15 is 0 Å². The molecule has 6 nitrogen and oxygen atoms in total. The van der Waals surface area contributed by atoms with Crippen LogP contribution in [0.25, 0.3) is 22.2 Å². The van der Waals surface area contributed by atoms with Crippen LogP contribution in [0.4, 0.5) is 5.69 Å². The molecule has 0 radical (unpaired) electrons. The molecule has 0 aliphatic carbocycles. The number of nitrogens with zero attached hydrogens (tertiary/aromatic N) is 5. The molecule has 0 aliphatic rings. The van der Waals surface area contributed by atoms with Gasteiger partial charge < -0.3 is 5.32 Å². The van der Waals surface area contributed by atoms with E-state index in [1.165, 1.54) is 0 Å². The number of benzene rings is 1. The molecule has 4 aromatic rings. The third-order valence-electron chi connectivity index (χ3n) is 4.16. The maximum atomic E-state index is 4.51. The summed E-state index contributed by atoms with van der Waals surface area (Å²) in [6.45, 7) is 4.52. The molecular formula is C20H18N6. The quantitative estimate of drug-likeness (QED) is 0.609. The summed E-state index contributed by atoms with van der Waals surface area (Å²) in [5.41, 5.74) is 6.64. The van der Waals surface area contributed by atoms with Crippen molar-refractivity contribution in [1.82, 2.24) is 25.4 Å². The molecule has 0 saturated heterocycles. The highest BCUT2D eigenvalue weighted by Gasteiger charge is 2.07. The third-order valence-corrected chi connectivity index (χ3v) is 4.16. The number of aryl methyl sites for hydroxylation is 2. The Morgan fingerprint density at radius 1 is 0.885 bits per heavy atom. The molecule has 0 unspecified atom stereocenters. The predicted octanol–water partition coefficient (Wildman–Crippen LogP) is 3.71. The molecule has 1 aromatic carbocycles. The van der Waals surface area contributed by atoms with Crippen molar-refractivity contribution in [3.05, 3.63) is 71.8 Å². The monoisotopic (exact) mass is 342 g/mol. The van der Waals surface area contributed by atoms with Gasteiger partial charge in [0, 0.05) is 17.1 Å². The summed E-state index contributed by atoms with van der Waals surface area (Å²) in [6, 6.07) is 14.1. The first-order valence-electron chi connectivity index (χ1n) is 8.40. The van der Waals surface area contributed by atoms with Gasteiger partial charge >= 0.3 is 0 Å². The van der Waals surface area contributed by atoms with Crippen molar-refractivity contribution >= 4 is 16.6 Å². The van der Waals surface area contributed by atoms with Crippen LogP contribution in [0, 0.1) is 13.8 Å². The predicted molar refractivity (Wildman–Crippen MR) is 102 cm³/mol. The SMILES string of the molecule is Cc1ccc(-c2ccc3nncc(NCc4ccc(C)nn4)c3c2)nc1. The maximum absolute atomic E-state index is 4.51. The number of aromatic nitrogens is 5. The molecule has 3 aromatic heterocycles. The molecule has 0 aliphatic heterocycles. The van der Waals surface area contributed by atoms with E-state index in [4.69, 9.17) is 0 Å². The molecule has 1 N–H and O–H groups in total. The topological polar surface area (TPSA) is 76.5 Å². The van der Waals surface area contributed by atoms with Crippen molar-refractivity contribution in [2.24, 2.45) is 0 Å². The van der Waals surface area contributed by atoms with Gasteiger partial charge in [-0.15, -0.1) is 0 Å². The lowest BCUT2D eigenvalue weighted by atomic mass is 10.1. The average Bonchev–Trinajstić information content (AvgIpc) is 2.68. The molecular weight excluding hydrogens is 324 g/mol. The molecule has 0 spiro atoms. The van der Waals surface area contributed by atoms with Gasteiger partial charge in [-0.3, -0.25) is 4.98 Å². The molecule has 128 valence electrons. The van der Waals surface area contributed by atoms with Gasteiger partial charge in [-0.1, -0.05) is 12.1 Å². The standard InChI is InChI=1S/C20H18N6/c1-13-3-7-18(21-10-13)15-5-8-19-17(9-15)20(12-23-26-19)22-11-16-6-4-14(2)24-25-16/h3-10,12H,11H2,1-2H3,(H,22,26). The molecule has 26 heavy (non-hydrogen) atoms. The highest BCUT2D eigenvalue weighted by molar-refractivity contribution is 5.93. The summed E-state index contributed by atoms with van der Waals surface area (Å²) < 4.78 is 0. The fourth-order valence-corrected chi connectivity index (χ4v) is 2.70. The van der Waals surface area contributed by atoms with Crippen molar-refractivity contribution in [2.45, 2.75) is 20.4 Å². The van der Waals surface area contributed by atoms with E-state index in [1.54, 1.807) is 6.20 Å². The summed E-state index contributed by atoms with van der Waals surface area (Å²) in [4.78, 5) is 4.51. The van der Waals surface area contributed by atoms with Crippen LogP contribution in [0.1, 0.15) is 17.0 Å². The summed E-state index contributed by atoms with van der Waals surface area (Å²) in [6.07, 6.45) is 3.61. The van der Waals surface area contributed by atoms with Gasteiger partial charge in [0.05, 0.1) is 41.0 Å². The smallest absolute Gasteiger partial charge is 0.0950 e. The van der Waals surface area contributed by atoms with Crippen molar-refractivity contribution in [2.75, 3.05) is 5.32 Å². The minimum absolute atomic E-state index is 0.571. The van der Waals surface area contributed by atoms with Crippen LogP contribution in [0.3, 0.4) is 0 Å². The number of anilines is 1. The van der Waals surface area contributed by atoms with Gasteiger partial charge in [-0.25, -0.2) is 0 Å². The molecule has 0 fully saturated rings. The van der Waals surface area contributed by atoms with E-state index in [9.17, 15) is 0 Å². The second-order valence-electron chi connectivity index (χ2n) is 6.23. The number of fused-ring (bicyclic) bond motifs is 1. The number of hydrogen-bond donors (Lipinski definition) is 1. The summed E-state index contributed by atoms with van der Waals surface area (Å²) in [7, 11) is 0. The molecule has 6 heteroatoms. The highest BCUT2D eigenvalue weighted by Crippen LogP contribution is 2.26. The van der Waals surface area contributed by atoms with Crippen LogP contribution < -0.4 is 5.32 Å². The summed E-state index contributed by atoms with van der Waals surface area (Å²) in [5, 5.41) is 21.0. The Morgan fingerprint density at radius 3 is 2.58 bits per heavy atom. The zero-order valence-corrected chi connectivity index (χ0v) is 14.6. The number of nitrogens with one attached hydrogen (secondary N) is 1. The fourth-order valence-electron chi connectivity index (χ4n) is 2.70. The molecule has 0 bridgehead atoms. The Kier molecular flexibility index (Phi) is 4.23. The highest BCUT2D eigenvalue weighted by atomic mass is 15.1. The van der Waals surface area contributed by atoms with Gasteiger partial charge in [-0.05, 0) is 49.7 Å². The van der Waals surface area contributed by atoms with Gasteiger partial charge in [-0.2, -0.15) is 20.4 Å². The summed E-state index contributed by atoms with van der Waals surface area (Å²) >= 11 is 0. The largest absolute Gasteiger partial charge is 0.377 e. The minimum atomic E-state index is 0.571. The van der Waals surface area contributed by atoms with Crippen LogP contribution in [-0.2, 0) is 6.54 Å². The first kappa shape index (κ1) is 16.1. The Hall–Kier alpha value is -3.41. The molecule has 0 atom stereocenters. The average molecular weight is 342 g/mol. The van der Waals surface area contributed by atoms with E-state index in [0.29, 0.717) is 6.54 Å². The Morgan fingerprint density at radius 2 is 1.81 bits per heavy atom. The fraction of sp³-hybridized carbons (Fsp3) is 0.150. The lowest BCUT2D eigenvalue weighted by molar-refractivity contribution is 0.897. The molecule has 3 heterocycles. The van der Waals surface area contributed by atoms with E-state index < -0.39 is 0 Å². The number of pyridine rings is 1. The second-order valence-corrected chi connectivity index (χ2v) is 6.23. The lowest BCUT2D eigenvalue weighted by Gasteiger charge is -2.10. The second kappa shape index (κ2) is 6.84. The van der Waals surface area contributed by atoms with Crippen molar-refractivity contribution in [3.8, 4) is 11.3 Å². The van der Waals surface area contributed by atoms with Crippen LogP contribution >= 0.6 is 0 Å². The Bertz CT molecular complexity index is 1040. The van der Waals surface area contributed by atoms with E-state index in [0.717, 1.165) is 44.8 Å². The zero-order chi connectivity index (χ0) is 17.9. The molecule has 0 saturated carbocycles. The van der Waals surface area contributed by atoms with Crippen molar-refractivity contribution < 1.29 is 0 Å². The zero-order valence-electron chi connectivity index (χ0n) is 14.6. The maximum Gasteiger partial charge on any atom is 0.0950 e. The van der Waals surface area contributed by atoms with E-state index in [1.807, 2.05) is 50.4 Å². The van der Waals surface area contributed by atoms with Gasteiger partial charge in [0.25, 0.3) is 0 Å². The minimum Gasteiger partial charge on any atom is -0.377 e. The molecule has 4 rings (SSSR count). The molecule has 0 amide bonds. The lowest BCUT2D eigenvalue weighted by Crippen LogP contribution is -2.04. The summed E-state index contributed by atoms with van der Waals surface area (Å²) in [5.74, 6) is 0. The Labute approximate surface area is 151 Å². The van der Waals surface area contributed by atoms with Crippen LogP contribution in [0.15, 0.2) is 54.9 Å². The Balaban J connectivity index is 1.66. The number of rotatable bonds is 4. The first-order valence-corrected chi connectivity index (χ1v) is 8.40. The van der Waals surface area contributed by atoms with Gasteiger partial charge in [0.15, 0.2) is 0 Å². The van der Waals surface area contributed by atoms with Crippen LogP contribution in [-0.4, -0.2) is 25.4 Å². The van der Waals surface area contributed by atoms with Gasteiger partial charge in [0.1, 0.15) is 0 Å². The van der Waals surface area contributed by atoms with E-state index in [2.05, 4.69) is 42.8 Å². The van der Waals surface area contributed by atoms with Crippen LogP contribution in [0.5, 0.6) is 0 Å². The van der Waals surface area contributed by atoms with Crippen molar-refractivity contribution in [1.29, 1.82) is 0 Å². The van der Waals surface area contributed by atoms with Crippen LogP contribution in [0.2, 0.25) is 0 Å². The van der Waals surface area contributed by atoms with E-state index in [-0.39, 0.29) is 0 Å². The first-order chi connectivity index (χ1) is 12.7. The van der Waals surface area contributed by atoms with Crippen molar-refractivity contribution in [3.63, 3.8) is 0 Å².